The second-order valence-electron chi connectivity index (χ2n) is 5.68. The first kappa shape index (κ1) is 14.8. The summed E-state index contributed by atoms with van der Waals surface area (Å²) in [5.74, 6) is 0.0546. The van der Waals surface area contributed by atoms with Crippen LogP contribution in [0.2, 0.25) is 0 Å². The Balaban J connectivity index is 1.94. The standard InChI is InChI=1S/C17H17N3OS2/c1-10(21)20(2)17-15(11-7-8-18-9-14(11)23-17)16-19-12-5-3-4-6-13(12)22-16/h3-6,18H,7-9H2,1-2H3. The molecule has 1 aliphatic heterocycles. The van der Waals surface area contributed by atoms with Gasteiger partial charge in [-0.05, 0) is 30.7 Å². The van der Waals surface area contributed by atoms with Gasteiger partial charge in [0, 0.05) is 31.0 Å². The number of carbonyl (C=O) groups excluding carboxylic acids is 1. The van der Waals surface area contributed by atoms with Gasteiger partial charge in [-0.2, -0.15) is 0 Å². The molecule has 1 aliphatic rings. The summed E-state index contributed by atoms with van der Waals surface area (Å²) >= 11 is 3.42. The molecule has 0 aliphatic carbocycles. The summed E-state index contributed by atoms with van der Waals surface area (Å²) in [6, 6.07) is 8.21. The Bertz CT molecular complexity index is 864. The molecule has 1 N–H and O–H groups in total. The SMILES string of the molecule is CC(=O)N(C)c1sc2c(c1-c1nc3ccccc3s1)CCNC2. The van der Waals surface area contributed by atoms with Crippen LogP contribution in [0.1, 0.15) is 17.4 Å². The molecule has 0 saturated heterocycles. The van der Waals surface area contributed by atoms with E-state index in [9.17, 15) is 4.79 Å². The molecule has 0 spiro atoms. The molecule has 1 amide bonds. The van der Waals surface area contributed by atoms with Crippen molar-refractivity contribution in [2.75, 3.05) is 18.5 Å². The van der Waals surface area contributed by atoms with Crippen LogP contribution in [0, 0.1) is 0 Å². The highest BCUT2D eigenvalue weighted by atomic mass is 32.1. The van der Waals surface area contributed by atoms with Gasteiger partial charge < -0.3 is 10.2 Å². The van der Waals surface area contributed by atoms with Gasteiger partial charge in [-0.15, -0.1) is 22.7 Å². The molecule has 6 heteroatoms. The number of benzene rings is 1. The van der Waals surface area contributed by atoms with Gasteiger partial charge in [0.05, 0.1) is 10.2 Å². The average Bonchev–Trinajstić information content (AvgIpc) is 3.14. The molecule has 3 aromatic rings. The van der Waals surface area contributed by atoms with E-state index in [1.165, 1.54) is 15.1 Å². The Morgan fingerprint density at radius 2 is 2.13 bits per heavy atom. The fraction of sp³-hybridized carbons (Fsp3) is 0.294. The summed E-state index contributed by atoms with van der Waals surface area (Å²) in [5, 5.41) is 5.46. The minimum absolute atomic E-state index is 0.0546. The maximum absolute atomic E-state index is 11.9. The zero-order valence-electron chi connectivity index (χ0n) is 13.0. The van der Waals surface area contributed by atoms with E-state index < -0.39 is 0 Å². The number of amides is 1. The Morgan fingerprint density at radius 3 is 2.91 bits per heavy atom. The highest BCUT2D eigenvalue weighted by Gasteiger charge is 2.26. The summed E-state index contributed by atoms with van der Waals surface area (Å²) < 4.78 is 1.19. The van der Waals surface area contributed by atoms with Crippen molar-refractivity contribution in [1.29, 1.82) is 0 Å². The third-order valence-electron chi connectivity index (χ3n) is 4.19. The largest absolute Gasteiger partial charge is 0.312 e. The Morgan fingerprint density at radius 1 is 1.30 bits per heavy atom. The second kappa shape index (κ2) is 5.70. The lowest BCUT2D eigenvalue weighted by atomic mass is 10.0. The molecule has 1 aromatic carbocycles. The highest BCUT2D eigenvalue weighted by Crippen LogP contribution is 2.46. The van der Waals surface area contributed by atoms with Gasteiger partial charge in [0.15, 0.2) is 0 Å². The number of fused-ring (bicyclic) bond motifs is 2. The lowest BCUT2D eigenvalue weighted by molar-refractivity contribution is -0.116. The van der Waals surface area contributed by atoms with Gasteiger partial charge >= 0.3 is 0 Å². The number of hydrogen-bond donors (Lipinski definition) is 1. The lowest BCUT2D eigenvalue weighted by Crippen LogP contribution is -2.23. The Kier molecular flexibility index (Phi) is 3.67. The van der Waals surface area contributed by atoms with Crippen LogP contribution < -0.4 is 10.2 Å². The van der Waals surface area contributed by atoms with E-state index >= 15 is 0 Å². The number of thiophene rings is 1. The van der Waals surface area contributed by atoms with Crippen LogP contribution in [-0.2, 0) is 17.8 Å². The van der Waals surface area contributed by atoms with Crippen molar-refractivity contribution in [3.05, 3.63) is 34.7 Å². The van der Waals surface area contributed by atoms with Crippen molar-refractivity contribution in [1.82, 2.24) is 10.3 Å². The van der Waals surface area contributed by atoms with Crippen LogP contribution in [0.3, 0.4) is 0 Å². The number of nitrogens with zero attached hydrogens (tertiary/aromatic N) is 2. The lowest BCUT2D eigenvalue weighted by Gasteiger charge is -2.15. The number of rotatable bonds is 2. The normalized spacial score (nSPS) is 14.0. The van der Waals surface area contributed by atoms with Gasteiger partial charge in [0.2, 0.25) is 5.91 Å². The van der Waals surface area contributed by atoms with Crippen LogP contribution in [0.25, 0.3) is 20.8 Å². The average molecular weight is 343 g/mol. The third kappa shape index (κ3) is 2.47. The van der Waals surface area contributed by atoms with Gasteiger partial charge in [-0.1, -0.05) is 12.1 Å². The second-order valence-corrected chi connectivity index (χ2v) is 7.79. The summed E-state index contributed by atoms with van der Waals surface area (Å²) in [6.07, 6.45) is 0.989. The fourth-order valence-electron chi connectivity index (χ4n) is 2.90. The number of hydrogen-bond acceptors (Lipinski definition) is 5. The minimum Gasteiger partial charge on any atom is -0.312 e. The quantitative estimate of drug-likeness (QED) is 0.772. The first-order valence-electron chi connectivity index (χ1n) is 7.60. The third-order valence-corrected chi connectivity index (χ3v) is 6.56. The zero-order chi connectivity index (χ0) is 16.0. The van der Waals surface area contributed by atoms with E-state index in [0.717, 1.165) is 40.6 Å². The maximum Gasteiger partial charge on any atom is 0.224 e. The van der Waals surface area contributed by atoms with Crippen molar-refractivity contribution < 1.29 is 4.79 Å². The van der Waals surface area contributed by atoms with Crippen LogP contribution in [0.5, 0.6) is 0 Å². The van der Waals surface area contributed by atoms with Gasteiger partial charge in [-0.3, -0.25) is 4.79 Å². The number of thiazole rings is 1. The molecular weight excluding hydrogens is 326 g/mol. The molecule has 0 radical (unpaired) electrons. The monoisotopic (exact) mass is 343 g/mol. The van der Waals surface area contributed by atoms with Crippen molar-refractivity contribution in [2.24, 2.45) is 0 Å². The molecule has 4 rings (SSSR count). The molecule has 0 unspecified atom stereocenters. The predicted molar refractivity (Wildman–Crippen MR) is 97.4 cm³/mol. The maximum atomic E-state index is 11.9. The van der Waals surface area contributed by atoms with Crippen molar-refractivity contribution in [2.45, 2.75) is 19.9 Å². The number of aromatic nitrogens is 1. The summed E-state index contributed by atoms with van der Waals surface area (Å²) in [7, 11) is 1.85. The summed E-state index contributed by atoms with van der Waals surface area (Å²) in [5.41, 5.74) is 3.54. The van der Waals surface area contributed by atoms with Crippen molar-refractivity contribution in [3.63, 3.8) is 0 Å². The molecule has 0 fully saturated rings. The molecule has 4 nitrogen and oxygen atoms in total. The predicted octanol–water partition coefficient (Wildman–Crippen LogP) is 3.65. The van der Waals surface area contributed by atoms with Gasteiger partial charge in [0.1, 0.15) is 10.0 Å². The first-order valence-corrected chi connectivity index (χ1v) is 9.24. The number of anilines is 1. The molecule has 0 saturated carbocycles. The Hall–Kier alpha value is -1.76. The molecule has 0 atom stereocenters. The van der Waals surface area contributed by atoms with E-state index in [4.69, 9.17) is 4.98 Å². The van der Waals surface area contributed by atoms with Gasteiger partial charge in [0.25, 0.3) is 0 Å². The van der Waals surface area contributed by atoms with E-state index in [0.29, 0.717) is 0 Å². The topological polar surface area (TPSA) is 45.2 Å². The number of nitrogens with one attached hydrogen (secondary N) is 1. The summed E-state index contributed by atoms with van der Waals surface area (Å²) in [4.78, 5) is 19.8. The smallest absolute Gasteiger partial charge is 0.224 e. The number of para-hydroxylation sites is 1. The van der Waals surface area contributed by atoms with Crippen LogP contribution >= 0.6 is 22.7 Å². The minimum atomic E-state index is 0.0546. The fourth-order valence-corrected chi connectivity index (χ4v) is 5.33. The zero-order valence-corrected chi connectivity index (χ0v) is 14.7. The van der Waals surface area contributed by atoms with E-state index in [2.05, 4.69) is 11.4 Å². The molecule has 118 valence electrons. The molecule has 2 aromatic heterocycles. The van der Waals surface area contributed by atoms with Crippen LogP contribution in [0.15, 0.2) is 24.3 Å². The highest BCUT2D eigenvalue weighted by molar-refractivity contribution is 7.23. The van der Waals surface area contributed by atoms with E-state index in [-0.39, 0.29) is 5.91 Å². The van der Waals surface area contributed by atoms with Crippen molar-refractivity contribution >= 4 is 43.8 Å². The molecular formula is C17H17N3OS2. The summed E-state index contributed by atoms with van der Waals surface area (Å²) in [6.45, 7) is 3.47. The van der Waals surface area contributed by atoms with E-state index in [1.54, 1.807) is 34.5 Å². The van der Waals surface area contributed by atoms with Gasteiger partial charge in [-0.25, -0.2) is 4.98 Å². The molecule has 3 heterocycles. The van der Waals surface area contributed by atoms with E-state index in [1.807, 2.05) is 25.2 Å². The van der Waals surface area contributed by atoms with Crippen molar-refractivity contribution in [3.8, 4) is 10.6 Å². The molecule has 23 heavy (non-hydrogen) atoms. The molecule has 0 bridgehead atoms. The Labute approximate surface area is 142 Å². The first-order chi connectivity index (χ1) is 11.1. The van der Waals surface area contributed by atoms with Crippen LogP contribution in [-0.4, -0.2) is 24.5 Å². The van der Waals surface area contributed by atoms with Crippen LogP contribution in [0.4, 0.5) is 5.00 Å². The number of carbonyl (C=O) groups is 1.